The number of benzene rings is 1. The smallest absolute Gasteiger partial charge is 0.238 e. The van der Waals surface area contributed by atoms with Crippen molar-refractivity contribution in [2.45, 2.75) is 19.4 Å². The van der Waals surface area contributed by atoms with E-state index in [2.05, 4.69) is 26.1 Å². The summed E-state index contributed by atoms with van der Waals surface area (Å²) in [4.78, 5) is 14.0. The van der Waals surface area contributed by atoms with Gasteiger partial charge in [-0.3, -0.25) is 9.69 Å². The number of hydrogen-bond donors (Lipinski definition) is 2. The van der Waals surface area contributed by atoms with Crippen LogP contribution in [0, 0.1) is 5.92 Å². The molecule has 2 unspecified atom stereocenters. The summed E-state index contributed by atoms with van der Waals surface area (Å²) < 4.78 is 0.991. The minimum absolute atomic E-state index is 0.00596. The molecule has 5 heteroatoms. The van der Waals surface area contributed by atoms with Crippen molar-refractivity contribution in [1.29, 1.82) is 0 Å². The van der Waals surface area contributed by atoms with E-state index in [1.54, 1.807) is 0 Å². The third kappa shape index (κ3) is 4.30. The lowest BCUT2D eigenvalue weighted by Crippen LogP contribution is -2.32. The number of aliphatic hydroxyl groups excluding tert-OH is 1. The average molecular weight is 327 g/mol. The van der Waals surface area contributed by atoms with Crippen molar-refractivity contribution in [2.75, 3.05) is 25.0 Å². The van der Waals surface area contributed by atoms with Gasteiger partial charge < -0.3 is 10.4 Å². The summed E-state index contributed by atoms with van der Waals surface area (Å²) in [7, 11) is 0. The van der Waals surface area contributed by atoms with Crippen molar-refractivity contribution >= 4 is 27.5 Å². The third-order valence-corrected chi connectivity index (χ3v) is 4.01. The lowest BCUT2D eigenvalue weighted by atomic mass is 10.0. The van der Waals surface area contributed by atoms with Crippen LogP contribution < -0.4 is 5.32 Å². The number of anilines is 1. The molecule has 1 aliphatic heterocycles. The van der Waals surface area contributed by atoms with Crippen LogP contribution in [0.5, 0.6) is 0 Å². The first kappa shape index (κ1) is 14.5. The average Bonchev–Trinajstić information content (AvgIpc) is 2.80. The topological polar surface area (TPSA) is 52.6 Å². The molecule has 0 aliphatic carbocycles. The van der Waals surface area contributed by atoms with Crippen molar-refractivity contribution in [3.8, 4) is 0 Å². The number of nitrogens with zero attached hydrogens (tertiary/aromatic N) is 1. The van der Waals surface area contributed by atoms with Crippen LogP contribution >= 0.6 is 15.9 Å². The fourth-order valence-electron chi connectivity index (χ4n) is 2.34. The van der Waals surface area contributed by atoms with Crippen molar-refractivity contribution in [2.24, 2.45) is 5.92 Å². The van der Waals surface area contributed by atoms with Crippen LogP contribution in [0.3, 0.4) is 0 Å². The molecule has 104 valence electrons. The number of hydrogen-bond acceptors (Lipinski definition) is 3. The zero-order chi connectivity index (χ0) is 13.8. The highest BCUT2D eigenvalue weighted by molar-refractivity contribution is 9.10. The maximum atomic E-state index is 11.9. The van der Waals surface area contributed by atoms with Gasteiger partial charge in [0.1, 0.15) is 0 Å². The molecular formula is C14H19BrN2O2. The highest BCUT2D eigenvalue weighted by Gasteiger charge is 2.26. The summed E-state index contributed by atoms with van der Waals surface area (Å²) in [5.41, 5.74) is 0.805. The fourth-order valence-corrected chi connectivity index (χ4v) is 2.60. The minimum Gasteiger partial charge on any atom is -0.393 e. The molecule has 0 aromatic heterocycles. The molecule has 2 rings (SSSR count). The maximum Gasteiger partial charge on any atom is 0.238 e. The van der Waals surface area contributed by atoms with Gasteiger partial charge in [-0.15, -0.1) is 0 Å². The van der Waals surface area contributed by atoms with Gasteiger partial charge in [0.15, 0.2) is 0 Å². The summed E-state index contributed by atoms with van der Waals surface area (Å²) in [6.45, 7) is 3.88. The second-order valence-corrected chi connectivity index (χ2v) is 6.00. The van der Waals surface area contributed by atoms with Crippen LogP contribution in [0.4, 0.5) is 5.69 Å². The third-order valence-electron chi connectivity index (χ3n) is 3.49. The molecule has 1 heterocycles. The number of nitrogens with one attached hydrogen (secondary N) is 1. The standard InChI is InChI=1S/C14H19BrN2O2/c1-10(18)11-6-7-17(8-11)9-14(19)16-13-4-2-12(15)3-5-13/h2-5,10-11,18H,6-9H2,1H3,(H,16,19). The van der Waals surface area contributed by atoms with E-state index in [0.717, 1.165) is 29.7 Å². The van der Waals surface area contributed by atoms with Crippen molar-refractivity contribution in [3.05, 3.63) is 28.7 Å². The number of amides is 1. The van der Waals surface area contributed by atoms with E-state index in [0.29, 0.717) is 12.5 Å². The fraction of sp³-hybridized carbons (Fsp3) is 0.500. The highest BCUT2D eigenvalue weighted by atomic mass is 79.9. The molecule has 1 amide bonds. The number of likely N-dealkylation sites (tertiary alicyclic amines) is 1. The second kappa shape index (κ2) is 6.50. The second-order valence-electron chi connectivity index (χ2n) is 5.08. The van der Waals surface area contributed by atoms with Crippen LogP contribution in [-0.4, -0.2) is 41.7 Å². The van der Waals surface area contributed by atoms with Crippen LogP contribution in [-0.2, 0) is 4.79 Å². The van der Waals surface area contributed by atoms with E-state index in [9.17, 15) is 9.90 Å². The number of halogens is 1. The first-order valence-electron chi connectivity index (χ1n) is 6.50. The summed E-state index contributed by atoms with van der Waals surface area (Å²) in [5, 5.41) is 12.4. The largest absolute Gasteiger partial charge is 0.393 e. The normalized spacial score (nSPS) is 21.3. The first-order chi connectivity index (χ1) is 9.04. The number of carbonyl (C=O) groups excluding carboxylic acids is 1. The summed E-state index contributed by atoms with van der Waals surface area (Å²) in [6, 6.07) is 7.53. The zero-order valence-electron chi connectivity index (χ0n) is 11.0. The molecule has 0 spiro atoms. The van der Waals surface area contributed by atoms with E-state index in [4.69, 9.17) is 0 Å². The molecule has 1 fully saturated rings. The van der Waals surface area contributed by atoms with Gasteiger partial charge in [0.25, 0.3) is 0 Å². The van der Waals surface area contributed by atoms with Gasteiger partial charge in [-0.05, 0) is 50.1 Å². The number of aliphatic hydroxyl groups is 1. The number of rotatable bonds is 4. The molecule has 4 nitrogen and oxygen atoms in total. The molecule has 1 aromatic rings. The zero-order valence-corrected chi connectivity index (χ0v) is 12.6. The van der Waals surface area contributed by atoms with Crippen LogP contribution in [0.15, 0.2) is 28.7 Å². The monoisotopic (exact) mass is 326 g/mol. The summed E-state index contributed by atoms with van der Waals surface area (Å²) >= 11 is 3.36. The Morgan fingerprint density at radius 3 is 2.79 bits per heavy atom. The van der Waals surface area contributed by atoms with Crippen LogP contribution in [0.1, 0.15) is 13.3 Å². The molecule has 1 aromatic carbocycles. The Hall–Kier alpha value is -0.910. The first-order valence-corrected chi connectivity index (χ1v) is 7.30. The van der Waals surface area contributed by atoms with E-state index < -0.39 is 0 Å². The minimum atomic E-state index is -0.292. The van der Waals surface area contributed by atoms with Crippen LogP contribution in [0.25, 0.3) is 0 Å². The Morgan fingerprint density at radius 2 is 2.21 bits per heavy atom. The molecule has 0 saturated carbocycles. The van der Waals surface area contributed by atoms with E-state index in [1.165, 1.54) is 0 Å². The van der Waals surface area contributed by atoms with Gasteiger partial charge in [0, 0.05) is 16.7 Å². The van der Waals surface area contributed by atoms with E-state index in [-0.39, 0.29) is 12.0 Å². The van der Waals surface area contributed by atoms with Crippen molar-refractivity contribution in [3.63, 3.8) is 0 Å². The van der Waals surface area contributed by atoms with Crippen LogP contribution in [0.2, 0.25) is 0 Å². The highest BCUT2D eigenvalue weighted by Crippen LogP contribution is 2.19. The molecule has 2 atom stereocenters. The van der Waals surface area contributed by atoms with Gasteiger partial charge in [-0.2, -0.15) is 0 Å². The predicted molar refractivity (Wildman–Crippen MR) is 79.0 cm³/mol. The molecule has 19 heavy (non-hydrogen) atoms. The maximum absolute atomic E-state index is 11.9. The SMILES string of the molecule is CC(O)C1CCN(CC(=O)Nc2ccc(Br)cc2)C1. The molecule has 2 N–H and O–H groups in total. The lowest BCUT2D eigenvalue weighted by Gasteiger charge is -2.17. The molecule has 0 radical (unpaired) electrons. The molecule has 0 bridgehead atoms. The van der Waals surface area contributed by atoms with Gasteiger partial charge >= 0.3 is 0 Å². The Balaban J connectivity index is 1.80. The quantitative estimate of drug-likeness (QED) is 0.890. The molecule has 1 aliphatic rings. The van der Waals surface area contributed by atoms with Gasteiger partial charge in [-0.25, -0.2) is 0 Å². The Morgan fingerprint density at radius 1 is 1.53 bits per heavy atom. The lowest BCUT2D eigenvalue weighted by molar-refractivity contribution is -0.117. The Bertz CT molecular complexity index is 434. The van der Waals surface area contributed by atoms with E-state index in [1.807, 2.05) is 31.2 Å². The molecule has 1 saturated heterocycles. The Kier molecular flexibility index (Phi) is 4.96. The van der Waals surface area contributed by atoms with Crippen molar-refractivity contribution < 1.29 is 9.90 Å². The van der Waals surface area contributed by atoms with Gasteiger partial charge in [0.05, 0.1) is 12.6 Å². The molecular weight excluding hydrogens is 308 g/mol. The van der Waals surface area contributed by atoms with Crippen molar-refractivity contribution in [1.82, 2.24) is 4.90 Å². The summed E-state index contributed by atoms with van der Waals surface area (Å²) in [6.07, 6.45) is 0.669. The predicted octanol–water partition coefficient (Wildman–Crippen LogP) is 2.09. The summed E-state index contributed by atoms with van der Waals surface area (Å²) in [5.74, 6) is 0.286. The Labute approximate surface area is 121 Å². The van der Waals surface area contributed by atoms with Gasteiger partial charge in [0.2, 0.25) is 5.91 Å². The van der Waals surface area contributed by atoms with E-state index >= 15 is 0 Å². The van der Waals surface area contributed by atoms with Gasteiger partial charge in [-0.1, -0.05) is 15.9 Å². The number of carbonyl (C=O) groups is 1.